The van der Waals surface area contributed by atoms with Crippen LogP contribution in [0.1, 0.15) is 56.8 Å². The average Bonchev–Trinajstić information content (AvgIpc) is 3.11. The molecule has 3 saturated heterocycles. The molecule has 3 heterocycles. The molecule has 4 radical (unpaired) electrons. The van der Waals surface area contributed by atoms with Crippen molar-refractivity contribution in [3.8, 4) is 0 Å². The predicted molar refractivity (Wildman–Crippen MR) is 166 cm³/mol. The summed E-state index contributed by atoms with van der Waals surface area (Å²) in [4.78, 5) is 24.2. The van der Waals surface area contributed by atoms with Crippen LogP contribution in [0.3, 0.4) is 0 Å². The van der Waals surface area contributed by atoms with Gasteiger partial charge in [0.2, 0.25) is 0 Å². The zero-order valence-corrected chi connectivity index (χ0v) is 48.5. The number of fused-ring (bicyclic) bond motifs is 1. The molecule has 15 nitrogen and oxygen atoms in total. The van der Waals surface area contributed by atoms with E-state index >= 15 is 0 Å². The van der Waals surface area contributed by atoms with Gasteiger partial charge in [-0.15, -0.1) is 0 Å². The first kappa shape index (κ1) is 55.1. The summed E-state index contributed by atoms with van der Waals surface area (Å²) < 4.78 is 46.6. The quantitative estimate of drug-likeness (QED) is 0.0848. The number of benzene rings is 1. The van der Waals surface area contributed by atoms with Crippen molar-refractivity contribution in [1.82, 2.24) is 5.32 Å². The maximum absolute atomic E-state index is 12.9. The van der Waals surface area contributed by atoms with Crippen molar-refractivity contribution in [2.45, 2.75) is 113 Å². The van der Waals surface area contributed by atoms with Gasteiger partial charge in [0.05, 0.1) is 20.3 Å². The van der Waals surface area contributed by atoms with Gasteiger partial charge in [0, 0.05) is 195 Å². The van der Waals surface area contributed by atoms with Crippen molar-refractivity contribution in [2.24, 2.45) is 0 Å². The Morgan fingerprint density at radius 3 is 2.23 bits per heavy atom. The summed E-state index contributed by atoms with van der Waals surface area (Å²) in [6, 6.07) is 8.10. The first-order valence-electron chi connectivity index (χ1n) is 16.4. The standard InChI is InChI=1S/C33H49NO14.4Ac/c1-3-16-43-33(40)34-24-29(48-32-27(39)26(38)25(37)21(18-35)45-32)28-22(19-44-30(47-28)20-13-9-8-10-14-20)46-31(24)42-17-12-7-5-4-6-11-15-23(36)41-2;;;;/h3,8-10,13-14,21-22,24-32,35,37-39H,1,4-7,11-12,15-19H2,2H3,(H,34,40);;;;/t21?,22?,24?,25-,26?,27?,28+,29?,30?,31+,32-;;;;/m0..../s1. The van der Waals surface area contributed by atoms with Crippen LogP contribution in [0.2, 0.25) is 0 Å². The van der Waals surface area contributed by atoms with Crippen LogP contribution in [0.25, 0.3) is 0 Å². The molecular weight excluding hydrogens is 1540 g/mol. The number of carbonyl (C=O) groups is 2. The number of amides is 1. The van der Waals surface area contributed by atoms with Gasteiger partial charge in [-0.25, -0.2) is 4.79 Å². The number of aliphatic hydroxyl groups excluding tert-OH is 4. The molecule has 0 bridgehead atoms. The molecule has 3 aliphatic rings. The molecule has 1 aromatic carbocycles. The molecule has 1 amide bonds. The first-order valence-corrected chi connectivity index (χ1v) is 16.4. The fourth-order valence-electron chi connectivity index (χ4n) is 5.84. The third kappa shape index (κ3) is 17.0. The van der Waals surface area contributed by atoms with E-state index in [4.69, 9.17) is 33.2 Å². The van der Waals surface area contributed by atoms with E-state index < -0.39 is 80.3 Å². The second-order valence-corrected chi connectivity index (χ2v) is 11.9. The van der Waals surface area contributed by atoms with Gasteiger partial charge < -0.3 is 63.6 Å². The molecule has 0 saturated carbocycles. The van der Waals surface area contributed by atoms with Crippen molar-refractivity contribution in [3.63, 3.8) is 0 Å². The topological polar surface area (TPSA) is 201 Å². The number of unbranched alkanes of at least 4 members (excludes halogenated alkanes) is 5. The Morgan fingerprint density at radius 1 is 0.904 bits per heavy atom. The van der Waals surface area contributed by atoms with Crippen LogP contribution in [0.15, 0.2) is 43.0 Å². The molecule has 3 aliphatic heterocycles. The van der Waals surface area contributed by atoms with Gasteiger partial charge in [-0.1, -0.05) is 68.7 Å². The van der Waals surface area contributed by atoms with E-state index in [9.17, 15) is 30.0 Å². The summed E-state index contributed by atoms with van der Waals surface area (Å²) in [6.45, 7) is 3.17. The van der Waals surface area contributed by atoms with Crippen molar-refractivity contribution < 1.29 is 244 Å². The summed E-state index contributed by atoms with van der Waals surface area (Å²) in [5, 5.41) is 44.1. The first-order chi connectivity index (χ1) is 23.3. The predicted octanol–water partition coefficient (Wildman–Crippen LogP) is 1.21. The van der Waals surface area contributed by atoms with Gasteiger partial charge in [-0.3, -0.25) is 4.79 Å². The molecule has 0 aliphatic carbocycles. The second-order valence-electron chi connectivity index (χ2n) is 11.9. The molecule has 1 aromatic rings. The average molecular weight is 1590 g/mol. The molecular formula is C33H49Ac4NO14. The fourth-order valence-corrected chi connectivity index (χ4v) is 5.84. The maximum Gasteiger partial charge on any atom is 0.407 e. The molecule has 19 heteroatoms. The third-order valence-electron chi connectivity index (χ3n) is 8.45. The summed E-state index contributed by atoms with van der Waals surface area (Å²) in [5.74, 6) is -0.215. The van der Waals surface area contributed by atoms with Crippen molar-refractivity contribution in [3.05, 3.63) is 48.6 Å². The van der Waals surface area contributed by atoms with E-state index in [1.807, 2.05) is 30.3 Å². The Bertz CT molecular complexity index is 1150. The van der Waals surface area contributed by atoms with Crippen molar-refractivity contribution in [1.29, 1.82) is 0 Å². The Kier molecular flexibility index (Phi) is 31.9. The smallest absolute Gasteiger partial charge is 0.407 e. The monoisotopic (exact) mass is 1590 g/mol. The maximum atomic E-state index is 12.9. The Hall–Kier alpha value is 3.07. The van der Waals surface area contributed by atoms with Crippen LogP contribution < -0.4 is 5.32 Å². The van der Waals surface area contributed by atoms with Gasteiger partial charge in [0.15, 0.2) is 18.9 Å². The zero-order valence-electron chi connectivity index (χ0n) is 29.5. The Labute approximate surface area is 448 Å². The van der Waals surface area contributed by atoms with E-state index in [1.54, 1.807) is 0 Å². The van der Waals surface area contributed by atoms with Crippen LogP contribution in [-0.2, 0) is 42.7 Å². The van der Waals surface area contributed by atoms with Gasteiger partial charge in [0.1, 0.15) is 55.4 Å². The summed E-state index contributed by atoms with van der Waals surface area (Å²) in [5.41, 5.74) is 0.723. The minimum Gasteiger partial charge on any atom is -0.469 e. The Balaban J connectivity index is 0.00000650. The van der Waals surface area contributed by atoms with E-state index in [2.05, 4.69) is 16.6 Å². The molecule has 3 fully saturated rings. The molecule has 5 N–H and O–H groups in total. The summed E-state index contributed by atoms with van der Waals surface area (Å²) >= 11 is 0. The van der Waals surface area contributed by atoms with Crippen LogP contribution in [-0.4, -0.2) is 127 Å². The minimum atomic E-state index is -1.71. The number of alkyl carbamates (subject to hydrolysis) is 1. The zero-order chi connectivity index (χ0) is 34.5. The van der Waals surface area contributed by atoms with E-state index in [0.29, 0.717) is 12.8 Å². The molecule has 7 unspecified atom stereocenters. The number of hydrogen-bond acceptors (Lipinski definition) is 14. The molecule has 4 rings (SSSR count). The largest absolute Gasteiger partial charge is 0.469 e. The second kappa shape index (κ2) is 30.1. The number of esters is 1. The normalized spacial score (nSPS) is 30.8. The fraction of sp³-hybridized carbons (Fsp3) is 0.697. The number of aliphatic hydroxyl groups is 4. The van der Waals surface area contributed by atoms with Gasteiger partial charge >= 0.3 is 12.1 Å². The van der Waals surface area contributed by atoms with Crippen LogP contribution in [0, 0.1) is 176 Å². The summed E-state index contributed by atoms with van der Waals surface area (Å²) in [6.07, 6.45) is -6.40. The van der Waals surface area contributed by atoms with Crippen molar-refractivity contribution in [2.75, 3.05) is 33.5 Å². The Morgan fingerprint density at radius 2 is 1.58 bits per heavy atom. The number of nitrogens with one attached hydrogen (secondary N) is 1. The molecule has 282 valence electrons. The number of ether oxygens (including phenoxy) is 8. The van der Waals surface area contributed by atoms with Crippen molar-refractivity contribution >= 4 is 12.1 Å². The van der Waals surface area contributed by atoms with E-state index in [-0.39, 0.29) is 202 Å². The van der Waals surface area contributed by atoms with Crippen LogP contribution in [0.5, 0.6) is 0 Å². The van der Waals surface area contributed by atoms with Crippen LogP contribution >= 0.6 is 0 Å². The van der Waals surface area contributed by atoms with Gasteiger partial charge in [-0.2, -0.15) is 0 Å². The van der Waals surface area contributed by atoms with Crippen LogP contribution in [0.4, 0.5) is 4.79 Å². The molecule has 0 aromatic heterocycles. The molecule has 0 spiro atoms. The number of carbonyl (C=O) groups excluding carboxylic acids is 2. The molecule has 11 atom stereocenters. The number of rotatable bonds is 17. The number of methoxy groups -OCH3 is 1. The minimum absolute atomic E-state index is 0. The van der Waals surface area contributed by atoms with E-state index in [1.165, 1.54) is 13.2 Å². The number of hydrogen-bond donors (Lipinski definition) is 5. The SMILES string of the molecule is C=CCOC(=O)NC1C(O[C@@H]2OC(CO)[C@H](O)C(O)C2O)[C@@H]2OC(c3ccccc3)OCC2O[C@H]1OCCCCCCCCC(=O)OC.[Ac].[Ac].[Ac].[Ac]. The van der Waals surface area contributed by atoms with Gasteiger partial charge in [0.25, 0.3) is 0 Å². The molecule has 52 heavy (non-hydrogen) atoms. The summed E-state index contributed by atoms with van der Waals surface area (Å²) in [7, 11) is 1.38. The third-order valence-corrected chi connectivity index (χ3v) is 8.45. The van der Waals surface area contributed by atoms with Gasteiger partial charge in [-0.05, 0) is 12.8 Å². The van der Waals surface area contributed by atoms with E-state index in [0.717, 1.165) is 37.7 Å².